The van der Waals surface area contributed by atoms with Crippen LogP contribution in [0.4, 0.5) is 4.39 Å². The summed E-state index contributed by atoms with van der Waals surface area (Å²) >= 11 is 0. The monoisotopic (exact) mass is 457 g/mol. The van der Waals surface area contributed by atoms with Gasteiger partial charge in [-0.1, -0.05) is 30.3 Å². The van der Waals surface area contributed by atoms with Gasteiger partial charge in [0.05, 0.1) is 13.7 Å². The number of nitrogens with zero attached hydrogens (tertiary/aromatic N) is 1. The molecular formula is C19H25FIN3O. The normalized spacial score (nSPS) is 10.8. The van der Waals surface area contributed by atoms with E-state index in [4.69, 9.17) is 4.74 Å². The molecule has 0 saturated carbocycles. The molecule has 0 aliphatic heterocycles. The number of aliphatic imine (C=N–C) groups is 1. The second-order valence-electron chi connectivity index (χ2n) is 5.44. The Morgan fingerprint density at radius 3 is 2.60 bits per heavy atom. The second-order valence-corrected chi connectivity index (χ2v) is 5.44. The van der Waals surface area contributed by atoms with Crippen LogP contribution in [0.25, 0.3) is 0 Å². The summed E-state index contributed by atoms with van der Waals surface area (Å²) in [5.41, 5.74) is 2.67. The maximum Gasteiger partial charge on any atom is 0.191 e. The quantitative estimate of drug-likeness (QED) is 0.392. The molecule has 2 aromatic carbocycles. The molecule has 0 bridgehead atoms. The molecule has 4 nitrogen and oxygen atoms in total. The van der Waals surface area contributed by atoms with E-state index in [9.17, 15) is 4.39 Å². The molecule has 2 rings (SSSR count). The third-order valence-corrected chi connectivity index (χ3v) is 3.63. The Bertz CT molecular complexity index is 707. The number of aryl methyl sites for hydroxylation is 1. The van der Waals surface area contributed by atoms with Crippen molar-refractivity contribution in [2.24, 2.45) is 4.99 Å². The lowest BCUT2D eigenvalue weighted by molar-refractivity contribution is 0.409. The average molecular weight is 457 g/mol. The van der Waals surface area contributed by atoms with Gasteiger partial charge in [-0.3, -0.25) is 0 Å². The minimum Gasteiger partial charge on any atom is -0.496 e. The molecule has 0 atom stereocenters. The number of nitrogens with one attached hydrogen (secondary N) is 2. The zero-order chi connectivity index (χ0) is 17.4. The molecule has 0 fully saturated rings. The van der Waals surface area contributed by atoms with E-state index in [2.05, 4.69) is 15.6 Å². The highest BCUT2D eigenvalue weighted by Crippen LogP contribution is 2.16. The molecule has 0 saturated heterocycles. The second kappa shape index (κ2) is 10.9. The minimum absolute atomic E-state index is 0. The Morgan fingerprint density at radius 2 is 1.92 bits per heavy atom. The smallest absolute Gasteiger partial charge is 0.191 e. The predicted molar refractivity (Wildman–Crippen MR) is 111 cm³/mol. The van der Waals surface area contributed by atoms with Gasteiger partial charge in [0.2, 0.25) is 0 Å². The van der Waals surface area contributed by atoms with Crippen LogP contribution in [0.1, 0.15) is 23.6 Å². The van der Waals surface area contributed by atoms with Gasteiger partial charge >= 0.3 is 0 Å². The summed E-state index contributed by atoms with van der Waals surface area (Å²) in [6.45, 7) is 5.64. The lowest BCUT2D eigenvalue weighted by atomic mass is 10.1. The van der Waals surface area contributed by atoms with Crippen LogP contribution < -0.4 is 15.4 Å². The van der Waals surface area contributed by atoms with Crippen molar-refractivity contribution in [2.45, 2.75) is 26.9 Å². The Balaban J connectivity index is 0.00000312. The van der Waals surface area contributed by atoms with E-state index in [0.717, 1.165) is 23.4 Å². The highest BCUT2D eigenvalue weighted by Gasteiger charge is 2.04. The van der Waals surface area contributed by atoms with Crippen LogP contribution >= 0.6 is 24.0 Å². The van der Waals surface area contributed by atoms with Crippen molar-refractivity contribution in [2.75, 3.05) is 13.7 Å². The number of benzene rings is 2. The molecule has 0 spiro atoms. The molecule has 0 unspecified atom stereocenters. The van der Waals surface area contributed by atoms with Gasteiger partial charge in [0, 0.05) is 18.7 Å². The predicted octanol–water partition coefficient (Wildman–Crippen LogP) is 4.02. The minimum atomic E-state index is -0.191. The SMILES string of the molecule is CCNC(=NCc1ccc(F)c(C)c1)NCc1ccccc1OC.I. The van der Waals surface area contributed by atoms with Gasteiger partial charge in [0.15, 0.2) is 5.96 Å². The molecule has 6 heteroatoms. The van der Waals surface area contributed by atoms with Crippen LogP contribution in [-0.4, -0.2) is 19.6 Å². The first-order chi connectivity index (χ1) is 11.6. The van der Waals surface area contributed by atoms with E-state index in [1.165, 1.54) is 6.07 Å². The Labute approximate surface area is 165 Å². The van der Waals surface area contributed by atoms with Crippen LogP contribution in [0.3, 0.4) is 0 Å². The summed E-state index contributed by atoms with van der Waals surface area (Å²) in [6, 6.07) is 12.9. The molecule has 0 aliphatic carbocycles. The Kier molecular flexibility index (Phi) is 9.26. The maximum absolute atomic E-state index is 13.3. The first-order valence-corrected chi connectivity index (χ1v) is 8.03. The third kappa shape index (κ3) is 6.53. The van der Waals surface area contributed by atoms with E-state index in [1.807, 2.05) is 37.3 Å². The van der Waals surface area contributed by atoms with E-state index in [0.29, 0.717) is 24.6 Å². The fourth-order valence-corrected chi connectivity index (χ4v) is 2.35. The van der Waals surface area contributed by atoms with Crippen LogP contribution in [0.2, 0.25) is 0 Å². The molecule has 0 aromatic heterocycles. The topological polar surface area (TPSA) is 45.7 Å². The molecule has 2 N–H and O–H groups in total. The van der Waals surface area contributed by atoms with Crippen LogP contribution in [0.15, 0.2) is 47.5 Å². The summed E-state index contributed by atoms with van der Waals surface area (Å²) in [5.74, 6) is 1.37. The van der Waals surface area contributed by atoms with Crippen molar-refractivity contribution >= 4 is 29.9 Å². The van der Waals surface area contributed by atoms with Gasteiger partial charge in [-0.15, -0.1) is 24.0 Å². The fraction of sp³-hybridized carbons (Fsp3) is 0.316. The Hall–Kier alpha value is -1.83. The molecule has 0 aliphatic rings. The van der Waals surface area contributed by atoms with Crippen molar-refractivity contribution in [1.29, 1.82) is 0 Å². The fourth-order valence-electron chi connectivity index (χ4n) is 2.35. The molecule has 0 radical (unpaired) electrons. The molecule has 136 valence electrons. The zero-order valence-electron chi connectivity index (χ0n) is 14.8. The number of halogens is 2. The summed E-state index contributed by atoms with van der Waals surface area (Å²) in [5, 5.41) is 6.50. The van der Waals surface area contributed by atoms with Gasteiger partial charge < -0.3 is 15.4 Å². The number of para-hydroxylation sites is 1. The van der Waals surface area contributed by atoms with Crippen molar-refractivity contribution in [1.82, 2.24) is 10.6 Å². The number of hydrogen-bond donors (Lipinski definition) is 2. The molecule has 0 amide bonds. The van der Waals surface area contributed by atoms with Crippen LogP contribution in [-0.2, 0) is 13.1 Å². The van der Waals surface area contributed by atoms with Gasteiger partial charge in [0.1, 0.15) is 11.6 Å². The van der Waals surface area contributed by atoms with Crippen molar-refractivity contribution in [3.8, 4) is 5.75 Å². The number of hydrogen-bond acceptors (Lipinski definition) is 2. The van der Waals surface area contributed by atoms with E-state index >= 15 is 0 Å². The highest BCUT2D eigenvalue weighted by atomic mass is 127. The number of methoxy groups -OCH3 is 1. The lowest BCUT2D eigenvalue weighted by Gasteiger charge is -2.13. The third-order valence-electron chi connectivity index (χ3n) is 3.63. The lowest BCUT2D eigenvalue weighted by Crippen LogP contribution is -2.36. The largest absolute Gasteiger partial charge is 0.496 e. The van der Waals surface area contributed by atoms with Gasteiger partial charge in [-0.2, -0.15) is 0 Å². The molecular weight excluding hydrogens is 432 g/mol. The maximum atomic E-state index is 13.3. The number of guanidine groups is 1. The van der Waals surface area contributed by atoms with Crippen molar-refractivity contribution < 1.29 is 9.13 Å². The van der Waals surface area contributed by atoms with E-state index in [1.54, 1.807) is 20.1 Å². The number of rotatable bonds is 6. The van der Waals surface area contributed by atoms with Crippen LogP contribution in [0.5, 0.6) is 5.75 Å². The average Bonchev–Trinajstić information content (AvgIpc) is 2.60. The summed E-state index contributed by atoms with van der Waals surface area (Å²) in [6.07, 6.45) is 0. The summed E-state index contributed by atoms with van der Waals surface area (Å²) < 4.78 is 18.7. The molecule has 25 heavy (non-hydrogen) atoms. The van der Waals surface area contributed by atoms with Gasteiger partial charge in [-0.05, 0) is 37.1 Å². The standard InChI is InChI=1S/C19H24FN3O.HI/c1-4-21-19(22-12-15-9-10-17(20)14(2)11-15)23-13-16-7-5-6-8-18(16)24-3;/h5-11H,4,12-13H2,1-3H3,(H2,21,22,23);1H. The Morgan fingerprint density at radius 1 is 1.16 bits per heavy atom. The molecule has 0 heterocycles. The first-order valence-electron chi connectivity index (χ1n) is 8.03. The highest BCUT2D eigenvalue weighted by molar-refractivity contribution is 14.0. The van der Waals surface area contributed by atoms with Gasteiger partial charge in [-0.25, -0.2) is 9.38 Å². The van der Waals surface area contributed by atoms with E-state index < -0.39 is 0 Å². The van der Waals surface area contributed by atoms with Crippen molar-refractivity contribution in [3.63, 3.8) is 0 Å². The van der Waals surface area contributed by atoms with Gasteiger partial charge in [0.25, 0.3) is 0 Å². The van der Waals surface area contributed by atoms with Crippen molar-refractivity contribution in [3.05, 3.63) is 65.0 Å². The molecule has 2 aromatic rings. The summed E-state index contributed by atoms with van der Waals surface area (Å²) in [4.78, 5) is 4.56. The summed E-state index contributed by atoms with van der Waals surface area (Å²) in [7, 11) is 1.66. The first kappa shape index (κ1) is 21.2. The van der Waals surface area contributed by atoms with E-state index in [-0.39, 0.29) is 29.8 Å². The number of ether oxygens (including phenoxy) is 1. The zero-order valence-corrected chi connectivity index (χ0v) is 17.1. The van der Waals surface area contributed by atoms with Crippen LogP contribution in [0, 0.1) is 12.7 Å².